The molecule has 2 N–H and O–H groups in total. The minimum absolute atomic E-state index is 0.164. The van der Waals surface area contributed by atoms with Crippen LogP contribution in [0.25, 0.3) is 11.1 Å². The van der Waals surface area contributed by atoms with Crippen molar-refractivity contribution in [1.82, 2.24) is 4.98 Å². The Hall–Kier alpha value is -3.47. The van der Waals surface area contributed by atoms with E-state index in [4.69, 9.17) is 0 Å². The second-order valence-electron chi connectivity index (χ2n) is 6.76. The minimum Gasteiger partial charge on any atom is -0.384 e. The van der Waals surface area contributed by atoms with Gasteiger partial charge in [-0.15, -0.1) is 0 Å². The van der Waals surface area contributed by atoms with Crippen LogP contribution in [0.1, 0.15) is 35.8 Å². The number of carbonyl (C=O) groups is 1. The van der Waals surface area contributed by atoms with Gasteiger partial charge in [0.15, 0.2) is 5.13 Å². The van der Waals surface area contributed by atoms with Crippen LogP contribution in [0.2, 0.25) is 0 Å². The van der Waals surface area contributed by atoms with E-state index in [2.05, 4.69) is 15.6 Å². The summed E-state index contributed by atoms with van der Waals surface area (Å²) in [5, 5.41) is 14.8. The van der Waals surface area contributed by atoms with Crippen molar-refractivity contribution in [1.29, 1.82) is 0 Å². The normalized spacial score (nSPS) is 11.2. The number of hydrogen-bond acceptors (Lipinski definition) is 6. The second kappa shape index (κ2) is 9.77. The van der Waals surface area contributed by atoms with E-state index in [9.17, 15) is 28.1 Å². The topological polar surface area (TPSA) is 97.2 Å². The molecule has 0 bridgehead atoms. The van der Waals surface area contributed by atoms with E-state index in [1.54, 1.807) is 42.5 Å². The molecule has 3 aromatic rings. The first-order valence-corrected chi connectivity index (χ1v) is 10.5. The van der Waals surface area contributed by atoms with E-state index < -0.39 is 32.8 Å². The van der Waals surface area contributed by atoms with Gasteiger partial charge in [0.1, 0.15) is 0 Å². The van der Waals surface area contributed by atoms with Gasteiger partial charge >= 0.3 is 11.2 Å². The Kier molecular flexibility index (Phi) is 7.08. The van der Waals surface area contributed by atoms with Crippen LogP contribution in [0, 0.1) is 10.1 Å². The molecule has 0 unspecified atom stereocenters. The second-order valence-corrected chi connectivity index (χ2v) is 7.73. The van der Waals surface area contributed by atoms with Gasteiger partial charge in [0, 0.05) is 12.2 Å². The number of benzene rings is 2. The lowest BCUT2D eigenvalue weighted by atomic mass is 9.97. The third-order valence-corrected chi connectivity index (χ3v) is 5.41. The minimum atomic E-state index is -5.02. The number of nitro groups is 1. The lowest BCUT2D eigenvalue weighted by Crippen LogP contribution is -2.17. The predicted octanol–water partition coefficient (Wildman–Crippen LogP) is 6.20. The summed E-state index contributed by atoms with van der Waals surface area (Å²) in [7, 11) is 0. The van der Waals surface area contributed by atoms with E-state index in [0.717, 1.165) is 18.4 Å². The highest BCUT2D eigenvalue weighted by atomic mass is 32.1. The molecule has 0 saturated heterocycles. The van der Waals surface area contributed by atoms with Crippen molar-refractivity contribution in [3.8, 4) is 11.1 Å². The molecule has 2 aromatic carbocycles. The number of nitrogens with zero attached hydrogens (tertiary/aromatic N) is 2. The number of carbonyl (C=O) groups excluding carboxylic acids is 1. The molecular formula is C21H19F3N4O3S. The van der Waals surface area contributed by atoms with Crippen molar-refractivity contribution in [2.75, 3.05) is 17.2 Å². The monoisotopic (exact) mass is 464 g/mol. The molecule has 1 amide bonds. The van der Waals surface area contributed by atoms with E-state index >= 15 is 0 Å². The zero-order valence-corrected chi connectivity index (χ0v) is 17.7. The molecule has 32 heavy (non-hydrogen) atoms. The first kappa shape index (κ1) is 23.2. The van der Waals surface area contributed by atoms with Gasteiger partial charge in [-0.1, -0.05) is 55.8 Å². The zero-order valence-electron chi connectivity index (χ0n) is 16.9. The number of unbranched alkanes of at least 4 members (excludes halogenated alkanes) is 1. The van der Waals surface area contributed by atoms with E-state index in [1.165, 1.54) is 0 Å². The van der Waals surface area contributed by atoms with Crippen LogP contribution >= 0.6 is 11.3 Å². The predicted molar refractivity (Wildman–Crippen MR) is 117 cm³/mol. The van der Waals surface area contributed by atoms with Crippen molar-refractivity contribution >= 4 is 33.1 Å². The number of halogens is 3. The zero-order chi connectivity index (χ0) is 23.3. The highest BCUT2D eigenvalue weighted by Crippen LogP contribution is 2.41. The molecule has 0 radical (unpaired) electrons. The van der Waals surface area contributed by atoms with Crippen LogP contribution in [-0.2, 0) is 6.18 Å². The number of thiazole rings is 1. The van der Waals surface area contributed by atoms with Crippen molar-refractivity contribution in [3.63, 3.8) is 0 Å². The highest BCUT2D eigenvalue weighted by Gasteiger charge is 2.43. The first-order valence-electron chi connectivity index (χ1n) is 9.68. The Labute approximate surface area is 185 Å². The van der Waals surface area contributed by atoms with Gasteiger partial charge in [-0.05, 0) is 35.0 Å². The summed E-state index contributed by atoms with van der Waals surface area (Å²) in [6.07, 6.45) is -3.24. The molecule has 3 rings (SSSR count). The summed E-state index contributed by atoms with van der Waals surface area (Å²) in [6, 6.07) is 14.2. The van der Waals surface area contributed by atoms with Crippen LogP contribution in [0.4, 0.5) is 29.0 Å². The van der Waals surface area contributed by atoms with Crippen LogP contribution in [0.15, 0.2) is 48.5 Å². The molecule has 0 saturated carbocycles. The number of rotatable bonds is 8. The van der Waals surface area contributed by atoms with Gasteiger partial charge in [0.25, 0.3) is 5.91 Å². The van der Waals surface area contributed by atoms with Crippen LogP contribution < -0.4 is 10.6 Å². The maximum atomic E-state index is 13.2. The van der Waals surface area contributed by atoms with Gasteiger partial charge < -0.3 is 5.32 Å². The highest BCUT2D eigenvalue weighted by molar-refractivity contribution is 7.19. The molecule has 0 fully saturated rings. The number of alkyl halides is 3. The standard InChI is InChI=1S/C21H19F3N4O3S/c1-2-3-12-25-15-11-7-10-14(13-8-5-4-6-9-13)16(15)18(29)27-20-26-17(21(22,23)24)19(32-20)28(30)31/h4-11,25H,2-3,12H2,1H3,(H,26,27,29). The summed E-state index contributed by atoms with van der Waals surface area (Å²) >= 11 is 0.164. The molecule has 0 spiro atoms. The first-order chi connectivity index (χ1) is 15.2. The van der Waals surface area contributed by atoms with Crippen molar-refractivity contribution in [2.45, 2.75) is 25.9 Å². The fraction of sp³-hybridized carbons (Fsp3) is 0.238. The fourth-order valence-corrected chi connectivity index (χ4v) is 3.83. The van der Waals surface area contributed by atoms with Crippen LogP contribution in [0.5, 0.6) is 0 Å². The Balaban J connectivity index is 2.02. The Morgan fingerprint density at radius 2 is 1.88 bits per heavy atom. The van der Waals surface area contributed by atoms with E-state index in [0.29, 0.717) is 17.8 Å². The third-order valence-electron chi connectivity index (χ3n) is 4.49. The molecule has 1 heterocycles. The molecule has 11 heteroatoms. The summed E-state index contributed by atoms with van der Waals surface area (Å²) in [4.78, 5) is 26.3. The summed E-state index contributed by atoms with van der Waals surface area (Å²) in [5.74, 6) is -0.721. The average molecular weight is 464 g/mol. The maximum absolute atomic E-state index is 13.2. The van der Waals surface area contributed by atoms with Gasteiger partial charge in [0.2, 0.25) is 5.69 Å². The molecule has 0 atom stereocenters. The maximum Gasteiger partial charge on any atom is 0.441 e. The Morgan fingerprint density at radius 3 is 2.47 bits per heavy atom. The largest absolute Gasteiger partial charge is 0.441 e. The van der Waals surface area contributed by atoms with E-state index in [1.807, 2.05) is 13.0 Å². The lowest BCUT2D eigenvalue weighted by Gasteiger charge is -2.16. The van der Waals surface area contributed by atoms with Gasteiger partial charge in [-0.3, -0.25) is 20.2 Å². The lowest BCUT2D eigenvalue weighted by molar-refractivity contribution is -0.383. The summed E-state index contributed by atoms with van der Waals surface area (Å²) < 4.78 is 39.4. The molecule has 7 nitrogen and oxygen atoms in total. The van der Waals surface area contributed by atoms with Crippen molar-refractivity contribution in [2.24, 2.45) is 0 Å². The van der Waals surface area contributed by atoms with Crippen LogP contribution in [-0.4, -0.2) is 22.4 Å². The number of anilines is 2. The molecule has 0 aliphatic rings. The molecular weight excluding hydrogens is 445 g/mol. The number of amides is 1. The summed E-state index contributed by atoms with van der Waals surface area (Å²) in [5.41, 5.74) is 0.366. The summed E-state index contributed by atoms with van der Waals surface area (Å²) in [6.45, 7) is 2.61. The molecule has 168 valence electrons. The Morgan fingerprint density at radius 1 is 1.16 bits per heavy atom. The van der Waals surface area contributed by atoms with Crippen LogP contribution in [0.3, 0.4) is 0 Å². The van der Waals surface area contributed by atoms with Gasteiger partial charge in [-0.2, -0.15) is 13.2 Å². The molecule has 1 aromatic heterocycles. The quantitative estimate of drug-likeness (QED) is 0.235. The fourth-order valence-electron chi connectivity index (χ4n) is 3.04. The average Bonchev–Trinajstić information content (AvgIpc) is 3.19. The SMILES string of the molecule is CCCCNc1cccc(-c2ccccc2)c1C(=O)Nc1nc(C(F)(F)F)c([N+](=O)[O-])s1. The molecule has 0 aliphatic carbocycles. The number of hydrogen-bond donors (Lipinski definition) is 2. The smallest absolute Gasteiger partial charge is 0.384 e. The van der Waals surface area contributed by atoms with Gasteiger partial charge in [0.05, 0.1) is 10.5 Å². The molecule has 0 aliphatic heterocycles. The third kappa shape index (κ3) is 5.22. The van der Waals surface area contributed by atoms with Gasteiger partial charge in [-0.25, -0.2) is 4.98 Å². The number of aromatic nitrogens is 1. The number of nitrogens with one attached hydrogen (secondary N) is 2. The van der Waals surface area contributed by atoms with Crippen molar-refractivity contribution in [3.05, 3.63) is 69.9 Å². The van der Waals surface area contributed by atoms with Crippen molar-refractivity contribution < 1.29 is 22.9 Å². The Bertz CT molecular complexity index is 1120. The van der Waals surface area contributed by atoms with E-state index in [-0.39, 0.29) is 16.9 Å².